The highest BCUT2D eigenvalue weighted by molar-refractivity contribution is 6.31. The summed E-state index contributed by atoms with van der Waals surface area (Å²) >= 11 is 5.59. The first-order valence-electron chi connectivity index (χ1n) is 7.10. The molecule has 0 spiro atoms. The molecule has 130 valence electrons. The van der Waals surface area contributed by atoms with Crippen LogP contribution in [0.25, 0.3) is 0 Å². The molecule has 0 fully saturated rings. The molecule has 0 unspecified atom stereocenters. The maximum atomic E-state index is 12.9. The molecule has 2 rings (SSSR count). The van der Waals surface area contributed by atoms with Gasteiger partial charge in [-0.25, -0.2) is 4.98 Å². The number of nitrogens with zero attached hydrogens (tertiary/aromatic N) is 2. The highest BCUT2D eigenvalue weighted by Crippen LogP contribution is 2.36. The number of benzene rings is 1. The fraction of sp³-hybridized carbons (Fsp3) is 0.333. The number of nitrogens with one attached hydrogen (secondary N) is 2. The second-order valence-corrected chi connectivity index (χ2v) is 5.26. The summed E-state index contributed by atoms with van der Waals surface area (Å²) in [4.78, 5) is 8.18. The first-order chi connectivity index (χ1) is 11.4. The molecular weight excluding hydrogens is 345 g/mol. The lowest BCUT2D eigenvalue weighted by Crippen LogP contribution is -2.08. The molecule has 0 aliphatic rings. The minimum Gasteiger partial charge on any atom is -0.385 e. The first-order valence-corrected chi connectivity index (χ1v) is 7.47. The van der Waals surface area contributed by atoms with Gasteiger partial charge in [-0.2, -0.15) is 18.2 Å². The number of alkyl halides is 3. The molecule has 0 amide bonds. The average Bonchev–Trinajstić information content (AvgIpc) is 2.53. The van der Waals surface area contributed by atoms with Crippen LogP contribution in [0.15, 0.2) is 30.5 Å². The topological polar surface area (TPSA) is 59.1 Å². The van der Waals surface area contributed by atoms with Crippen LogP contribution in [0.1, 0.15) is 12.0 Å². The van der Waals surface area contributed by atoms with Crippen molar-refractivity contribution in [3.05, 3.63) is 41.0 Å². The largest absolute Gasteiger partial charge is 0.417 e. The highest BCUT2D eigenvalue weighted by Gasteiger charge is 2.33. The number of aromatic nitrogens is 2. The Morgan fingerprint density at radius 1 is 1.25 bits per heavy atom. The number of hydrogen-bond donors (Lipinski definition) is 2. The standard InChI is InChI=1S/C15H16ClF3N4O/c1-24-8-2-6-20-13-5-7-21-14(23-13)22-10-3-4-12(16)11(9-10)15(17,18)19/h3-5,7,9H,2,6,8H2,1H3,(H2,20,21,22,23). The van der Waals surface area contributed by atoms with Crippen molar-refractivity contribution < 1.29 is 17.9 Å². The van der Waals surface area contributed by atoms with Crippen LogP contribution in [0.5, 0.6) is 0 Å². The molecule has 2 aromatic rings. The quantitative estimate of drug-likeness (QED) is 0.719. The van der Waals surface area contributed by atoms with E-state index in [0.717, 1.165) is 12.5 Å². The van der Waals surface area contributed by atoms with Crippen molar-refractivity contribution in [1.29, 1.82) is 0 Å². The second kappa shape index (κ2) is 8.16. The zero-order chi connectivity index (χ0) is 17.6. The zero-order valence-corrected chi connectivity index (χ0v) is 13.6. The lowest BCUT2D eigenvalue weighted by atomic mass is 10.2. The van der Waals surface area contributed by atoms with Gasteiger partial charge >= 0.3 is 6.18 Å². The first kappa shape index (κ1) is 18.3. The predicted octanol–water partition coefficient (Wildman–Crippen LogP) is 4.34. The summed E-state index contributed by atoms with van der Waals surface area (Å²) < 4.78 is 43.6. The summed E-state index contributed by atoms with van der Waals surface area (Å²) in [6, 6.07) is 5.20. The zero-order valence-electron chi connectivity index (χ0n) is 12.8. The van der Waals surface area contributed by atoms with Crippen molar-refractivity contribution >= 4 is 29.1 Å². The Kier molecular flexibility index (Phi) is 6.22. The van der Waals surface area contributed by atoms with Crippen molar-refractivity contribution in [3.8, 4) is 0 Å². The van der Waals surface area contributed by atoms with Crippen LogP contribution >= 0.6 is 11.6 Å². The Morgan fingerprint density at radius 2 is 2.04 bits per heavy atom. The normalized spacial score (nSPS) is 11.4. The molecule has 1 aromatic heterocycles. The summed E-state index contributed by atoms with van der Waals surface area (Å²) in [5.74, 6) is 0.746. The van der Waals surface area contributed by atoms with Crippen LogP contribution in [-0.4, -0.2) is 30.2 Å². The monoisotopic (exact) mass is 360 g/mol. The van der Waals surface area contributed by atoms with Crippen LogP contribution in [0, 0.1) is 0 Å². The van der Waals surface area contributed by atoms with Crippen LogP contribution < -0.4 is 10.6 Å². The van der Waals surface area contributed by atoms with E-state index >= 15 is 0 Å². The number of ether oxygens (including phenoxy) is 1. The summed E-state index contributed by atoms with van der Waals surface area (Å²) in [7, 11) is 1.62. The molecule has 0 atom stereocenters. The smallest absolute Gasteiger partial charge is 0.385 e. The molecule has 1 heterocycles. The Labute approximate surface area is 142 Å². The van der Waals surface area contributed by atoms with Gasteiger partial charge in [0.15, 0.2) is 0 Å². The predicted molar refractivity (Wildman–Crippen MR) is 86.8 cm³/mol. The third-order valence-electron chi connectivity index (χ3n) is 3.01. The highest BCUT2D eigenvalue weighted by atomic mass is 35.5. The number of hydrogen-bond acceptors (Lipinski definition) is 5. The molecule has 0 bridgehead atoms. The Balaban J connectivity index is 2.08. The molecule has 2 N–H and O–H groups in total. The molecule has 9 heteroatoms. The fourth-order valence-corrected chi connectivity index (χ4v) is 2.12. The lowest BCUT2D eigenvalue weighted by Gasteiger charge is -2.12. The maximum absolute atomic E-state index is 12.9. The van der Waals surface area contributed by atoms with E-state index in [4.69, 9.17) is 16.3 Å². The van der Waals surface area contributed by atoms with Gasteiger partial charge in [0.1, 0.15) is 5.82 Å². The Hall–Kier alpha value is -2.06. The van der Waals surface area contributed by atoms with Crippen molar-refractivity contribution in [3.63, 3.8) is 0 Å². The minimum absolute atomic E-state index is 0.183. The number of rotatable bonds is 7. The molecule has 0 saturated heterocycles. The van der Waals surface area contributed by atoms with Crippen molar-refractivity contribution in [2.75, 3.05) is 30.9 Å². The van der Waals surface area contributed by atoms with Crippen LogP contribution in [0.4, 0.5) is 30.6 Å². The molecule has 0 aliphatic heterocycles. The van der Waals surface area contributed by atoms with Gasteiger partial charge in [0.2, 0.25) is 5.95 Å². The van der Waals surface area contributed by atoms with E-state index in [1.54, 1.807) is 13.2 Å². The van der Waals surface area contributed by atoms with Gasteiger partial charge in [-0.1, -0.05) is 11.6 Å². The van der Waals surface area contributed by atoms with Gasteiger partial charge in [-0.15, -0.1) is 0 Å². The van der Waals surface area contributed by atoms with E-state index in [1.807, 2.05) is 0 Å². The maximum Gasteiger partial charge on any atom is 0.417 e. The summed E-state index contributed by atoms with van der Waals surface area (Å²) in [5.41, 5.74) is -0.716. The second-order valence-electron chi connectivity index (χ2n) is 4.86. The average molecular weight is 361 g/mol. The van der Waals surface area contributed by atoms with E-state index in [0.29, 0.717) is 19.0 Å². The van der Waals surface area contributed by atoms with E-state index in [9.17, 15) is 13.2 Å². The Morgan fingerprint density at radius 3 is 2.75 bits per heavy atom. The van der Waals surface area contributed by atoms with Gasteiger partial charge in [-0.3, -0.25) is 0 Å². The molecule has 24 heavy (non-hydrogen) atoms. The SMILES string of the molecule is COCCCNc1ccnc(Nc2ccc(Cl)c(C(F)(F)F)c2)n1. The molecule has 5 nitrogen and oxygen atoms in total. The van der Waals surface area contributed by atoms with Gasteiger partial charge < -0.3 is 15.4 Å². The van der Waals surface area contributed by atoms with Crippen molar-refractivity contribution in [2.24, 2.45) is 0 Å². The van der Waals surface area contributed by atoms with Crippen LogP contribution in [0.2, 0.25) is 5.02 Å². The van der Waals surface area contributed by atoms with E-state index < -0.39 is 11.7 Å². The van der Waals surface area contributed by atoms with Gasteiger partial charge in [-0.05, 0) is 30.7 Å². The molecule has 0 aliphatic carbocycles. The minimum atomic E-state index is -4.53. The van der Waals surface area contributed by atoms with Gasteiger partial charge in [0, 0.05) is 32.1 Å². The van der Waals surface area contributed by atoms with Crippen LogP contribution in [0.3, 0.4) is 0 Å². The Bertz CT molecular complexity index is 682. The number of anilines is 3. The molecule has 0 radical (unpaired) electrons. The third kappa shape index (κ3) is 5.24. The summed E-state index contributed by atoms with van der Waals surface area (Å²) in [5, 5.41) is 5.46. The fourth-order valence-electron chi connectivity index (χ4n) is 1.90. The van der Waals surface area contributed by atoms with Crippen LogP contribution in [-0.2, 0) is 10.9 Å². The van der Waals surface area contributed by atoms with Crippen molar-refractivity contribution in [2.45, 2.75) is 12.6 Å². The van der Waals surface area contributed by atoms with Gasteiger partial charge in [0.25, 0.3) is 0 Å². The lowest BCUT2D eigenvalue weighted by molar-refractivity contribution is -0.137. The molecular formula is C15H16ClF3N4O. The van der Waals surface area contributed by atoms with Crippen molar-refractivity contribution in [1.82, 2.24) is 9.97 Å². The third-order valence-corrected chi connectivity index (χ3v) is 3.34. The number of methoxy groups -OCH3 is 1. The summed E-state index contributed by atoms with van der Waals surface area (Å²) in [6.07, 6.45) is -2.22. The number of halogens is 4. The summed E-state index contributed by atoms with van der Waals surface area (Å²) in [6.45, 7) is 1.28. The molecule has 0 saturated carbocycles. The van der Waals surface area contributed by atoms with E-state index in [-0.39, 0.29) is 16.7 Å². The molecule has 1 aromatic carbocycles. The van der Waals surface area contributed by atoms with E-state index in [1.165, 1.54) is 18.3 Å². The van der Waals surface area contributed by atoms with E-state index in [2.05, 4.69) is 20.6 Å². The van der Waals surface area contributed by atoms with Gasteiger partial charge in [0.05, 0.1) is 10.6 Å².